The molecule has 1 aliphatic carbocycles. The first-order valence-corrected chi connectivity index (χ1v) is 5.49. The molecule has 1 N–H and O–H groups in total. The number of ketones is 1. The molecule has 0 saturated heterocycles. The third kappa shape index (κ3) is 2.42. The molecule has 0 amide bonds. The molecule has 0 spiro atoms. The molecule has 0 bridgehead atoms. The maximum atomic E-state index is 12.7. The molecule has 0 aliphatic heterocycles. The quantitative estimate of drug-likeness (QED) is 0.857. The van der Waals surface area contributed by atoms with Gasteiger partial charge in [0.1, 0.15) is 10.8 Å². The van der Waals surface area contributed by atoms with Crippen molar-refractivity contribution >= 4 is 23.1 Å². The van der Waals surface area contributed by atoms with Crippen LogP contribution in [0.25, 0.3) is 0 Å². The molecule has 2 rings (SSSR count). The van der Waals surface area contributed by atoms with Crippen LogP contribution >= 0.6 is 11.6 Å². The van der Waals surface area contributed by atoms with E-state index in [1.807, 2.05) is 0 Å². The van der Waals surface area contributed by atoms with Gasteiger partial charge in [-0.05, 0) is 37.1 Å². The number of anilines is 1. The average molecular weight is 240 g/mol. The van der Waals surface area contributed by atoms with Crippen LogP contribution in [0.1, 0.15) is 19.3 Å². The average Bonchev–Trinajstić information content (AvgIpc) is 2.28. The first-order chi connectivity index (χ1) is 7.66. The van der Waals surface area contributed by atoms with E-state index in [0.717, 1.165) is 24.2 Å². The Morgan fingerprint density at radius 2 is 1.88 bits per heavy atom. The Bertz CT molecular complexity index is 439. The second kappa shape index (κ2) is 4.66. The number of carbonyl (C=O) groups is 1. The molecule has 1 aromatic carbocycles. The Kier molecular flexibility index (Phi) is 3.25. The number of Topliss-reactive ketones (excluding diaryl/α,β-unsaturated/α-hetero) is 1. The molecule has 1 aromatic rings. The van der Waals surface area contributed by atoms with Gasteiger partial charge in [-0.1, -0.05) is 11.6 Å². The summed E-state index contributed by atoms with van der Waals surface area (Å²) >= 11 is 5.91. The minimum absolute atomic E-state index is 0.0301. The predicted molar refractivity (Wildman–Crippen MR) is 61.8 cm³/mol. The minimum atomic E-state index is -0.287. The van der Waals surface area contributed by atoms with Crippen LogP contribution in [0, 0.1) is 5.82 Å². The lowest BCUT2D eigenvalue weighted by Crippen LogP contribution is -2.13. The SMILES string of the molecule is O=C1CCCC(Nc2ccc(F)cc2)=C1Cl. The van der Waals surface area contributed by atoms with Crippen LogP contribution in [-0.4, -0.2) is 5.78 Å². The first-order valence-electron chi connectivity index (χ1n) is 5.11. The molecule has 0 radical (unpaired) electrons. The lowest BCUT2D eigenvalue weighted by molar-refractivity contribution is -0.115. The summed E-state index contributed by atoms with van der Waals surface area (Å²) in [5.41, 5.74) is 1.47. The number of rotatable bonds is 2. The molecule has 2 nitrogen and oxygen atoms in total. The van der Waals surface area contributed by atoms with E-state index in [2.05, 4.69) is 5.32 Å². The largest absolute Gasteiger partial charge is 0.358 e. The molecular formula is C12H11ClFNO. The van der Waals surface area contributed by atoms with E-state index in [1.165, 1.54) is 12.1 Å². The summed E-state index contributed by atoms with van der Waals surface area (Å²) in [7, 11) is 0. The van der Waals surface area contributed by atoms with Crippen molar-refractivity contribution in [3.63, 3.8) is 0 Å². The summed E-state index contributed by atoms with van der Waals surface area (Å²) in [6.07, 6.45) is 2.06. The zero-order valence-corrected chi connectivity index (χ0v) is 9.35. The Hall–Kier alpha value is -1.35. The minimum Gasteiger partial charge on any atom is -0.358 e. The van der Waals surface area contributed by atoms with Crippen molar-refractivity contribution in [2.45, 2.75) is 19.3 Å². The molecule has 0 aromatic heterocycles. The summed E-state index contributed by atoms with van der Waals surface area (Å²) in [5.74, 6) is -0.317. The fourth-order valence-corrected chi connectivity index (χ4v) is 1.87. The first kappa shape index (κ1) is 11.1. The van der Waals surface area contributed by atoms with Crippen molar-refractivity contribution in [3.05, 3.63) is 40.8 Å². The molecule has 4 heteroatoms. The van der Waals surface area contributed by atoms with Crippen LogP contribution in [0.4, 0.5) is 10.1 Å². The normalized spacial score (nSPS) is 16.5. The van der Waals surface area contributed by atoms with E-state index in [0.29, 0.717) is 6.42 Å². The maximum Gasteiger partial charge on any atom is 0.175 e. The van der Waals surface area contributed by atoms with Gasteiger partial charge in [0.15, 0.2) is 5.78 Å². The highest BCUT2D eigenvalue weighted by Crippen LogP contribution is 2.26. The van der Waals surface area contributed by atoms with Crippen molar-refractivity contribution in [2.75, 3.05) is 5.32 Å². The fraction of sp³-hybridized carbons (Fsp3) is 0.250. The Morgan fingerprint density at radius 1 is 1.19 bits per heavy atom. The van der Waals surface area contributed by atoms with Crippen molar-refractivity contribution < 1.29 is 9.18 Å². The van der Waals surface area contributed by atoms with E-state index in [9.17, 15) is 9.18 Å². The summed E-state index contributed by atoms with van der Waals surface area (Å²) < 4.78 is 12.7. The van der Waals surface area contributed by atoms with Crippen LogP contribution in [-0.2, 0) is 4.79 Å². The van der Waals surface area contributed by atoms with Crippen molar-refractivity contribution in [1.82, 2.24) is 0 Å². The van der Waals surface area contributed by atoms with E-state index < -0.39 is 0 Å². The van der Waals surface area contributed by atoms with E-state index in [1.54, 1.807) is 12.1 Å². The molecule has 16 heavy (non-hydrogen) atoms. The van der Waals surface area contributed by atoms with Crippen molar-refractivity contribution in [3.8, 4) is 0 Å². The fourth-order valence-electron chi connectivity index (χ4n) is 1.64. The van der Waals surface area contributed by atoms with Gasteiger partial charge in [0, 0.05) is 17.8 Å². The second-order valence-electron chi connectivity index (χ2n) is 3.70. The summed E-state index contributed by atoms with van der Waals surface area (Å²) in [6, 6.07) is 5.96. The summed E-state index contributed by atoms with van der Waals surface area (Å²) in [6.45, 7) is 0. The molecule has 1 aliphatic rings. The maximum absolute atomic E-state index is 12.7. The van der Waals surface area contributed by atoms with Gasteiger partial charge in [-0.15, -0.1) is 0 Å². The lowest BCUT2D eigenvalue weighted by Gasteiger charge is -2.17. The molecule has 0 heterocycles. The van der Waals surface area contributed by atoms with Gasteiger partial charge in [0.25, 0.3) is 0 Å². The molecule has 84 valence electrons. The van der Waals surface area contributed by atoms with Crippen LogP contribution in [0.2, 0.25) is 0 Å². The monoisotopic (exact) mass is 239 g/mol. The number of hydrogen-bond acceptors (Lipinski definition) is 2. The number of carbonyl (C=O) groups excluding carboxylic acids is 1. The Morgan fingerprint density at radius 3 is 2.56 bits per heavy atom. The molecule has 0 saturated carbocycles. The van der Waals surface area contributed by atoms with Crippen LogP contribution < -0.4 is 5.32 Å². The topological polar surface area (TPSA) is 29.1 Å². The summed E-state index contributed by atoms with van der Waals surface area (Å²) in [4.78, 5) is 11.4. The van der Waals surface area contributed by atoms with Gasteiger partial charge >= 0.3 is 0 Å². The molecule has 0 atom stereocenters. The van der Waals surface area contributed by atoms with Crippen molar-refractivity contribution in [1.29, 1.82) is 0 Å². The standard InChI is InChI=1S/C12H11ClFNO/c13-12-10(2-1-3-11(12)16)15-9-6-4-8(14)5-7-9/h4-7,15H,1-3H2. The highest BCUT2D eigenvalue weighted by molar-refractivity contribution is 6.43. The Balaban J connectivity index is 2.18. The van der Waals surface area contributed by atoms with Crippen LogP contribution in [0.15, 0.2) is 35.0 Å². The number of benzene rings is 1. The number of allylic oxidation sites excluding steroid dienone is 2. The predicted octanol–water partition coefficient (Wildman–Crippen LogP) is 3.44. The van der Waals surface area contributed by atoms with Gasteiger partial charge in [-0.3, -0.25) is 4.79 Å². The summed E-state index contributed by atoms with van der Waals surface area (Å²) in [5, 5.41) is 3.32. The smallest absolute Gasteiger partial charge is 0.175 e. The highest BCUT2D eigenvalue weighted by atomic mass is 35.5. The van der Waals surface area contributed by atoms with E-state index >= 15 is 0 Å². The Labute approximate surface area is 98.1 Å². The zero-order chi connectivity index (χ0) is 11.5. The zero-order valence-electron chi connectivity index (χ0n) is 8.59. The van der Waals surface area contributed by atoms with Crippen LogP contribution in [0.3, 0.4) is 0 Å². The second-order valence-corrected chi connectivity index (χ2v) is 4.08. The van der Waals surface area contributed by atoms with Gasteiger partial charge in [0.2, 0.25) is 0 Å². The molecule has 0 unspecified atom stereocenters. The number of hydrogen-bond donors (Lipinski definition) is 1. The number of halogens is 2. The van der Waals surface area contributed by atoms with Gasteiger partial charge < -0.3 is 5.32 Å². The molecular weight excluding hydrogens is 229 g/mol. The van der Waals surface area contributed by atoms with Gasteiger partial charge in [-0.25, -0.2) is 4.39 Å². The van der Waals surface area contributed by atoms with Crippen LogP contribution in [0.5, 0.6) is 0 Å². The third-order valence-corrected chi connectivity index (χ3v) is 2.92. The van der Waals surface area contributed by atoms with Crippen molar-refractivity contribution in [2.24, 2.45) is 0 Å². The van der Waals surface area contributed by atoms with E-state index in [4.69, 9.17) is 11.6 Å². The highest BCUT2D eigenvalue weighted by Gasteiger charge is 2.18. The lowest BCUT2D eigenvalue weighted by atomic mass is 10.0. The third-order valence-electron chi connectivity index (χ3n) is 2.48. The van der Waals surface area contributed by atoms with E-state index in [-0.39, 0.29) is 16.6 Å². The number of nitrogens with one attached hydrogen (secondary N) is 1. The molecule has 0 fully saturated rings. The van der Waals surface area contributed by atoms with Gasteiger partial charge in [-0.2, -0.15) is 0 Å². The van der Waals surface area contributed by atoms with Gasteiger partial charge in [0.05, 0.1) is 0 Å².